The molecule has 1 aromatic heterocycles. The van der Waals surface area contributed by atoms with Crippen LogP contribution in [0.1, 0.15) is 11.1 Å². The summed E-state index contributed by atoms with van der Waals surface area (Å²) in [6, 6.07) is 32.6. The molecular formula is C27H20N2. The molecule has 0 saturated carbocycles. The van der Waals surface area contributed by atoms with Crippen molar-refractivity contribution >= 4 is 51.0 Å². The third kappa shape index (κ3) is 2.36. The summed E-state index contributed by atoms with van der Waals surface area (Å²) in [4.78, 5) is 2.38. The lowest BCUT2D eigenvalue weighted by Gasteiger charge is -2.27. The predicted molar refractivity (Wildman–Crippen MR) is 124 cm³/mol. The van der Waals surface area contributed by atoms with Gasteiger partial charge < -0.3 is 9.47 Å². The van der Waals surface area contributed by atoms with E-state index < -0.39 is 0 Å². The topological polar surface area (TPSA) is 8.17 Å². The molecule has 4 aromatic carbocycles. The van der Waals surface area contributed by atoms with Gasteiger partial charge in [0.25, 0.3) is 0 Å². The fourth-order valence-corrected chi connectivity index (χ4v) is 4.53. The molecule has 2 nitrogen and oxygen atoms in total. The Kier molecular flexibility index (Phi) is 3.41. The molecule has 2 heterocycles. The molecule has 0 unspecified atom stereocenters. The molecule has 0 fully saturated rings. The standard InChI is InChI=1S/C27H20N2/c1-28-25-14-8-6-12-22(25)23-17-20-16-15-19-9-5-7-13-24(19)29(26(20)18-27(23)28)21-10-3-2-4-11-21/h2-18H,1H3. The van der Waals surface area contributed by atoms with Crippen molar-refractivity contribution in [2.75, 3.05) is 4.90 Å². The summed E-state index contributed by atoms with van der Waals surface area (Å²) < 4.78 is 2.30. The number of hydrogen-bond acceptors (Lipinski definition) is 1. The molecular weight excluding hydrogens is 352 g/mol. The molecule has 1 aliphatic heterocycles. The minimum Gasteiger partial charge on any atom is -0.344 e. The van der Waals surface area contributed by atoms with E-state index in [-0.39, 0.29) is 0 Å². The fourth-order valence-electron chi connectivity index (χ4n) is 4.53. The van der Waals surface area contributed by atoms with Crippen molar-refractivity contribution in [3.8, 4) is 0 Å². The normalized spacial score (nSPS) is 12.8. The zero-order valence-corrected chi connectivity index (χ0v) is 16.2. The number of aromatic nitrogens is 1. The van der Waals surface area contributed by atoms with Gasteiger partial charge in [0.05, 0.1) is 16.9 Å². The lowest BCUT2D eigenvalue weighted by atomic mass is 10.1. The molecule has 0 atom stereocenters. The third-order valence-corrected chi connectivity index (χ3v) is 5.94. The number of rotatable bonds is 1. The summed E-state index contributed by atoms with van der Waals surface area (Å²) in [5.41, 5.74) is 8.54. The Hall–Kier alpha value is -3.78. The fraction of sp³-hybridized carbons (Fsp3) is 0.0370. The van der Waals surface area contributed by atoms with Gasteiger partial charge >= 0.3 is 0 Å². The number of benzene rings is 4. The highest BCUT2D eigenvalue weighted by Crippen LogP contribution is 2.44. The first-order valence-electron chi connectivity index (χ1n) is 9.95. The highest BCUT2D eigenvalue weighted by molar-refractivity contribution is 6.11. The monoisotopic (exact) mass is 372 g/mol. The van der Waals surface area contributed by atoms with E-state index in [0.717, 1.165) is 0 Å². The van der Waals surface area contributed by atoms with Crippen molar-refractivity contribution in [1.29, 1.82) is 0 Å². The van der Waals surface area contributed by atoms with E-state index in [1.807, 2.05) is 0 Å². The smallest absolute Gasteiger partial charge is 0.0555 e. The van der Waals surface area contributed by atoms with Crippen LogP contribution < -0.4 is 4.90 Å². The molecule has 0 radical (unpaired) electrons. The molecule has 0 amide bonds. The average Bonchev–Trinajstić information content (AvgIpc) is 2.95. The van der Waals surface area contributed by atoms with Gasteiger partial charge in [-0.05, 0) is 47.5 Å². The number of anilines is 3. The molecule has 6 rings (SSSR count). The zero-order chi connectivity index (χ0) is 19.4. The van der Waals surface area contributed by atoms with E-state index in [4.69, 9.17) is 0 Å². The highest BCUT2D eigenvalue weighted by atomic mass is 15.1. The average molecular weight is 372 g/mol. The SMILES string of the molecule is Cn1c2ccccc2c2cc3c(cc21)N(c1ccccc1)c1ccccc1C=C3. The second-order valence-electron chi connectivity index (χ2n) is 7.57. The summed E-state index contributed by atoms with van der Waals surface area (Å²) in [6.45, 7) is 0. The number of hydrogen-bond donors (Lipinski definition) is 0. The van der Waals surface area contributed by atoms with Gasteiger partial charge in [-0.25, -0.2) is 0 Å². The van der Waals surface area contributed by atoms with Gasteiger partial charge in [-0.15, -0.1) is 0 Å². The van der Waals surface area contributed by atoms with E-state index in [1.165, 1.54) is 50.0 Å². The second kappa shape index (κ2) is 6.11. The lowest BCUT2D eigenvalue weighted by Crippen LogP contribution is -2.11. The minimum absolute atomic E-state index is 1.17. The Morgan fingerprint density at radius 3 is 2.17 bits per heavy atom. The van der Waals surface area contributed by atoms with Gasteiger partial charge in [0, 0.05) is 29.0 Å². The number of nitrogens with zero attached hydrogens (tertiary/aromatic N) is 2. The Morgan fingerprint density at radius 2 is 1.28 bits per heavy atom. The van der Waals surface area contributed by atoms with Crippen LogP contribution in [0.4, 0.5) is 17.1 Å². The summed E-state index contributed by atoms with van der Waals surface area (Å²) >= 11 is 0. The van der Waals surface area contributed by atoms with Crippen LogP contribution in [0.15, 0.2) is 91.0 Å². The van der Waals surface area contributed by atoms with Crippen LogP contribution in [0.25, 0.3) is 34.0 Å². The highest BCUT2D eigenvalue weighted by Gasteiger charge is 2.21. The van der Waals surface area contributed by atoms with Crippen LogP contribution in [0.5, 0.6) is 0 Å². The maximum Gasteiger partial charge on any atom is 0.0555 e. The van der Waals surface area contributed by atoms with Crippen LogP contribution in [0.2, 0.25) is 0 Å². The number of para-hydroxylation sites is 3. The maximum atomic E-state index is 2.38. The van der Waals surface area contributed by atoms with E-state index in [9.17, 15) is 0 Å². The second-order valence-corrected chi connectivity index (χ2v) is 7.57. The molecule has 0 spiro atoms. The summed E-state index contributed by atoms with van der Waals surface area (Å²) in [7, 11) is 2.16. The van der Waals surface area contributed by atoms with Crippen molar-refractivity contribution in [3.63, 3.8) is 0 Å². The molecule has 1 aliphatic rings. The van der Waals surface area contributed by atoms with Crippen molar-refractivity contribution in [2.45, 2.75) is 0 Å². The van der Waals surface area contributed by atoms with E-state index in [2.05, 4.69) is 120 Å². The van der Waals surface area contributed by atoms with Crippen LogP contribution >= 0.6 is 0 Å². The van der Waals surface area contributed by atoms with Crippen molar-refractivity contribution in [2.24, 2.45) is 7.05 Å². The zero-order valence-electron chi connectivity index (χ0n) is 16.2. The predicted octanol–water partition coefficient (Wildman–Crippen LogP) is 7.29. The first-order valence-corrected chi connectivity index (χ1v) is 9.95. The lowest BCUT2D eigenvalue weighted by molar-refractivity contribution is 1.01. The van der Waals surface area contributed by atoms with Crippen LogP contribution in [-0.2, 0) is 7.05 Å². The molecule has 5 aromatic rings. The largest absolute Gasteiger partial charge is 0.344 e. The number of fused-ring (bicyclic) bond motifs is 5. The van der Waals surface area contributed by atoms with Gasteiger partial charge in [0.1, 0.15) is 0 Å². The molecule has 0 aliphatic carbocycles. The molecule has 0 bridgehead atoms. The third-order valence-electron chi connectivity index (χ3n) is 5.94. The summed E-state index contributed by atoms with van der Waals surface area (Å²) in [5, 5.41) is 2.60. The van der Waals surface area contributed by atoms with Crippen molar-refractivity contribution in [3.05, 3.63) is 102 Å². The summed E-state index contributed by atoms with van der Waals surface area (Å²) in [5.74, 6) is 0. The molecule has 138 valence electrons. The number of aryl methyl sites for hydroxylation is 1. The van der Waals surface area contributed by atoms with Crippen molar-refractivity contribution < 1.29 is 0 Å². The van der Waals surface area contributed by atoms with E-state index >= 15 is 0 Å². The van der Waals surface area contributed by atoms with Gasteiger partial charge in [0.2, 0.25) is 0 Å². The van der Waals surface area contributed by atoms with Gasteiger partial charge in [0.15, 0.2) is 0 Å². The quantitative estimate of drug-likeness (QED) is 0.294. The van der Waals surface area contributed by atoms with E-state index in [1.54, 1.807) is 0 Å². The maximum absolute atomic E-state index is 2.38. The molecule has 0 N–H and O–H groups in total. The van der Waals surface area contributed by atoms with Crippen molar-refractivity contribution in [1.82, 2.24) is 4.57 Å². The van der Waals surface area contributed by atoms with Crippen LogP contribution in [0.3, 0.4) is 0 Å². The summed E-state index contributed by atoms with van der Waals surface area (Å²) in [6.07, 6.45) is 4.48. The van der Waals surface area contributed by atoms with E-state index in [0.29, 0.717) is 0 Å². The Balaban J connectivity index is 1.72. The van der Waals surface area contributed by atoms with Gasteiger partial charge in [-0.1, -0.05) is 66.7 Å². The Labute approximate surface area is 169 Å². The van der Waals surface area contributed by atoms with Crippen LogP contribution in [-0.4, -0.2) is 4.57 Å². The van der Waals surface area contributed by atoms with Gasteiger partial charge in [-0.3, -0.25) is 0 Å². The molecule has 0 saturated heterocycles. The molecule has 29 heavy (non-hydrogen) atoms. The van der Waals surface area contributed by atoms with Gasteiger partial charge in [-0.2, -0.15) is 0 Å². The first kappa shape index (κ1) is 16.2. The minimum atomic E-state index is 1.17. The Morgan fingerprint density at radius 1 is 0.552 bits per heavy atom. The first-order chi connectivity index (χ1) is 14.3. The Bertz CT molecular complexity index is 1410. The van der Waals surface area contributed by atoms with Crippen LogP contribution in [0, 0.1) is 0 Å². The molecule has 2 heteroatoms.